The van der Waals surface area contributed by atoms with Gasteiger partial charge < -0.3 is 10.5 Å². The Labute approximate surface area is 98.8 Å². The number of hydrogen-bond acceptors (Lipinski definition) is 3. The van der Waals surface area contributed by atoms with Crippen LogP contribution in [0.1, 0.15) is 0 Å². The Morgan fingerprint density at radius 3 is 2.59 bits per heavy atom. The number of aromatic nitrogens is 1. The van der Waals surface area contributed by atoms with Gasteiger partial charge in [0, 0.05) is 11.1 Å². The van der Waals surface area contributed by atoms with Crippen LogP contribution in [0.25, 0.3) is 21.8 Å². The number of benzene rings is 2. The van der Waals surface area contributed by atoms with Gasteiger partial charge in [0.05, 0.1) is 23.5 Å². The number of para-hydroxylation sites is 1. The van der Waals surface area contributed by atoms with Gasteiger partial charge in [-0.2, -0.15) is 0 Å². The van der Waals surface area contributed by atoms with E-state index in [0.29, 0.717) is 5.69 Å². The Hall–Kier alpha value is -2.29. The molecule has 84 valence electrons. The Morgan fingerprint density at radius 1 is 1.00 bits per heavy atom. The molecular formula is C14H12N2O. The molecule has 3 heteroatoms. The number of methoxy groups -OCH3 is 1. The summed E-state index contributed by atoms with van der Waals surface area (Å²) >= 11 is 0. The first kappa shape index (κ1) is 9.90. The number of nitrogens with two attached hydrogens (primary N) is 1. The highest BCUT2D eigenvalue weighted by atomic mass is 16.5. The lowest BCUT2D eigenvalue weighted by molar-refractivity contribution is 0.424. The molecule has 0 saturated carbocycles. The smallest absolute Gasteiger partial charge is 0.139 e. The summed E-state index contributed by atoms with van der Waals surface area (Å²) in [6, 6.07) is 13.6. The van der Waals surface area contributed by atoms with E-state index in [-0.39, 0.29) is 0 Å². The molecule has 2 aromatic carbocycles. The van der Waals surface area contributed by atoms with E-state index in [0.717, 1.165) is 27.6 Å². The van der Waals surface area contributed by atoms with E-state index in [9.17, 15) is 0 Å². The molecule has 0 fully saturated rings. The molecule has 2 N–H and O–H groups in total. The molecule has 0 aliphatic rings. The molecule has 1 heterocycles. The molecule has 0 spiro atoms. The van der Waals surface area contributed by atoms with Gasteiger partial charge in [0.1, 0.15) is 5.75 Å². The fraction of sp³-hybridized carbons (Fsp3) is 0.0714. The summed E-state index contributed by atoms with van der Waals surface area (Å²) in [4.78, 5) is 4.59. The van der Waals surface area contributed by atoms with Gasteiger partial charge in [0.2, 0.25) is 0 Å². The number of nitrogens with zero attached hydrogens (tertiary/aromatic N) is 1. The summed E-state index contributed by atoms with van der Waals surface area (Å²) in [6.45, 7) is 0. The fourth-order valence-corrected chi connectivity index (χ4v) is 2.14. The largest absolute Gasteiger partial charge is 0.495 e. The predicted octanol–water partition coefficient (Wildman–Crippen LogP) is 2.98. The van der Waals surface area contributed by atoms with Crippen LogP contribution < -0.4 is 10.5 Å². The first-order valence-electron chi connectivity index (χ1n) is 5.42. The summed E-state index contributed by atoms with van der Waals surface area (Å²) in [5.74, 6) is 0.795. The van der Waals surface area contributed by atoms with E-state index in [1.165, 1.54) is 0 Å². The number of pyridine rings is 1. The number of fused-ring (bicyclic) bond motifs is 2. The van der Waals surface area contributed by atoms with Crippen molar-refractivity contribution in [2.45, 2.75) is 0 Å². The van der Waals surface area contributed by atoms with Crippen LogP contribution in [0.15, 0.2) is 42.5 Å². The van der Waals surface area contributed by atoms with Crippen LogP contribution in [-0.2, 0) is 0 Å². The summed E-state index contributed by atoms with van der Waals surface area (Å²) < 4.78 is 5.50. The van der Waals surface area contributed by atoms with Crippen molar-refractivity contribution in [3.63, 3.8) is 0 Å². The highest BCUT2D eigenvalue weighted by molar-refractivity contribution is 6.06. The second-order valence-electron chi connectivity index (χ2n) is 3.90. The van der Waals surface area contributed by atoms with Crippen molar-refractivity contribution in [2.24, 2.45) is 0 Å². The van der Waals surface area contributed by atoms with Gasteiger partial charge in [-0.1, -0.05) is 18.2 Å². The van der Waals surface area contributed by atoms with Crippen molar-refractivity contribution < 1.29 is 4.74 Å². The first-order valence-corrected chi connectivity index (χ1v) is 5.42. The topological polar surface area (TPSA) is 48.1 Å². The van der Waals surface area contributed by atoms with Gasteiger partial charge in [0.25, 0.3) is 0 Å². The van der Waals surface area contributed by atoms with Crippen molar-refractivity contribution in [1.82, 2.24) is 4.98 Å². The number of anilines is 1. The zero-order chi connectivity index (χ0) is 11.8. The maximum atomic E-state index is 6.00. The molecule has 3 nitrogen and oxygen atoms in total. The van der Waals surface area contributed by atoms with Crippen molar-refractivity contribution in [1.29, 1.82) is 0 Å². The standard InChI is InChI=1S/C14H12N2O/c1-17-14-9-5-2-3-7-11(9)16-12-8-4-6-10(15)13(12)14/h2-8H,15H2,1H3. The van der Waals surface area contributed by atoms with Gasteiger partial charge in [-0.05, 0) is 24.3 Å². The summed E-state index contributed by atoms with van der Waals surface area (Å²) in [5, 5.41) is 1.87. The van der Waals surface area contributed by atoms with E-state index in [1.807, 2.05) is 42.5 Å². The molecule has 0 aliphatic heterocycles. The summed E-state index contributed by atoms with van der Waals surface area (Å²) in [7, 11) is 1.66. The highest BCUT2D eigenvalue weighted by Crippen LogP contribution is 2.35. The minimum Gasteiger partial charge on any atom is -0.495 e. The molecule has 17 heavy (non-hydrogen) atoms. The van der Waals surface area contributed by atoms with Crippen LogP contribution in [0.4, 0.5) is 5.69 Å². The number of hydrogen-bond donors (Lipinski definition) is 1. The van der Waals surface area contributed by atoms with Crippen LogP contribution in [-0.4, -0.2) is 12.1 Å². The third-order valence-corrected chi connectivity index (χ3v) is 2.90. The SMILES string of the molecule is COc1c2ccccc2nc2cccc(N)c12. The number of nitrogen functional groups attached to an aromatic ring is 1. The summed E-state index contributed by atoms with van der Waals surface area (Å²) in [5.41, 5.74) is 8.48. The van der Waals surface area contributed by atoms with E-state index in [1.54, 1.807) is 7.11 Å². The van der Waals surface area contributed by atoms with Crippen molar-refractivity contribution in [2.75, 3.05) is 12.8 Å². The Morgan fingerprint density at radius 2 is 1.76 bits per heavy atom. The van der Waals surface area contributed by atoms with Gasteiger partial charge in [-0.15, -0.1) is 0 Å². The normalized spacial score (nSPS) is 10.9. The molecule has 3 rings (SSSR count). The second-order valence-corrected chi connectivity index (χ2v) is 3.90. The zero-order valence-corrected chi connectivity index (χ0v) is 9.47. The lowest BCUT2D eigenvalue weighted by atomic mass is 10.1. The fourth-order valence-electron chi connectivity index (χ4n) is 2.14. The quantitative estimate of drug-likeness (QED) is 0.510. The molecule has 1 aromatic heterocycles. The second kappa shape index (κ2) is 3.63. The summed E-state index contributed by atoms with van der Waals surface area (Å²) in [6.07, 6.45) is 0. The molecule has 0 atom stereocenters. The Bertz CT molecular complexity index is 707. The molecule has 0 unspecified atom stereocenters. The van der Waals surface area contributed by atoms with Gasteiger partial charge >= 0.3 is 0 Å². The minimum absolute atomic E-state index is 0.692. The Balaban J connectivity index is 2.59. The molecule has 0 aliphatic carbocycles. The molecular weight excluding hydrogens is 212 g/mol. The van der Waals surface area contributed by atoms with Gasteiger partial charge in [-0.25, -0.2) is 4.98 Å². The lowest BCUT2D eigenvalue weighted by Crippen LogP contribution is -1.94. The van der Waals surface area contributed by atoms with E-state index >= 15 is 0 Å². The monoisotopic (exact) mass is 224 g/mol. The Kier molecular flexibility index (Phi) is 2.11. The number of ether oxygens (including phenoxy) is 1. The van der Waals surface area contributed by atoms with Gasteiger partial charge in [0.15, 0.2) is 0 Å². The molecule has 0 radical (unpaired) electrons. The third kappa shape index (κ3) is 1.40. The van der Waals surface area contributed by atoms with E-state index in [2.05, 4.69) is 4.98 Å². The average Bonchev–Trinajstić information content (AvgIpc) is 2.36. The number of rotatable bonds is 1. The molecule has 0 saturated heterocycles. The maximum absolute atomic E-state index is 6.00. The zero-order valence-electron chi connectivity index (χ0n) is 9.47. The first-order chi connectivity index (χ1) is 8.31. The van der Waals surface area contributed by atoms with Crippen LogP contribution in [0.5, 0.6) is 5.75 Å². The molecule has 3 aromatic rings. The van der Waals surface area contributed by atoms with Crippen molar-refractivity contribution in [3.05, 3.63) is 42.5 Å². The highest BCUT2D eigenvalue weighted by Gasteiger charge is 2.10. The molecule has 0 bridgehead atoms. The lowest BCUT2D eigenvalue weighted by Gasteiger charge is -2.10. The van der Waals surface area contributed by atoms with Crippen LogP contribution in [0, 0.1) is 0 Å². The minimum atomic E-state index is 0.692. The maximum Gasteiger partial charge on any atom is 0.139 e. The van der Waals surface area contributed by atoms with Crippen LogP contribution in [0.3, 0.4) is 0 Å². The van der Waals surface area contributed by atoms with E-state index < -0.39 is 0 Å². The van der Waals surface area contributed by atoms with Crippen molar-refractivity contribution in [3.8, 4) is 5.75 Å². The van der Waals surface area contributed by atoms with Crippen LogP contribution >= 0.6 is 0 Å². The molecule has 0 amide bonds. The van der Waals surface area contributed by atoms with Gasteiger partial charge in [-0.3, -0.25) is 0 Å². The van der Waals surface area contributed by atoms with Crippen molar-refractivity contribution >= 4 is 27.5 Å². The average molecular weight is 224 g/mol. The van der Waals surface area contributed by atoms with E-state index in [4.69, 9.17) is 10.5 Å². The third-order valence-electron chi connectivity index (χ3n) is 2.90. The predicted molar refractivity (Wildman–Crippen MR) is 70.2 cm³/mol. The van der Waals surface area contributed by atoms with Crippen LogP contribution in [0.2, 0.25) is 0 Å².